The SMILES string of the molecule is C[C@@H](C(=O)N1CCc2ccccc21)N(C)Cc1ccc2c(c1)OCO2. The van der Waals surface area contributed by atoms with Crippen LogP contribution in [-0.2, 0) is 17.8 Å². The summed E-state index contributed by atoms with van der Waals surface area (Å²) in [5.41, 5.74) is 3.41. The fourth-order valence-electron chi connectivity index (χ4n) is 3.45. The molecule has 2 aliphatic rings. The molecular weight excluding hydrogens is 316 g/mol. The summed E-state index contributed by atoms with van der Waals surface area (Å²) < 4.78 is 10.8. The Balaban J connectivity index is 1.45. The summed E-state index contributed by atoms with van der Waals surface area (Å²) in [7, 11) is 1.98. The van der Waals surface area contributed by atoms with Gasteiger partial charge in [0, 0.05) is 18.8 Å². The van der Waals surface area contributed by atoms with Gasteiger partial charge in [-0.1, -0.05) is 24.3 Å². The van der Waals surface area contributed by atoms with Crippen molar-refractivity contribution in [2.24, 2.45) is 0 Å². The number of anilines is 1. The first-order valence-electron chi connectivity index (χ1n) is 8.61. The highest BCUT2D eigenvalue weighted by Gasteiger charge is 2.29. The van der Waals surface area contributed by atoms with E-state index in [-0.39, 0.29) is 18.7 Å². The van der Waals surface area contributed by atoms with Gasteiger partial charge in [0.15, 0.2) is 11.5 Å². The standard InChI is InChI=1S/C20H22N2O3/c1-14(20(23)22-10-9-16-5-3-4-6-17(16)22)21(2)12-15-7-8-18-19(11-15)25-13-24-18/h3-8,11,14H,9-10,12-13H2,1-2H3/t14-/m0/s1. The third-order valence-corrected chi connectivity index (χ3v) is 5.04. The van der Waals surface area contributed by atoms with Gasteiger partial charge in [-0.25, -0.2) is 0 Å². The number of likely N-dealkylation sites (N-methyl/N-ethyl adjacent to an activating group) is 1. The minimum Gasteiger partial charge on any atom is -0.454 e. The molecule has 0 unspecified atom stereocenters. The summed E-state index contributed by atoms with van der Waals surface area (Å²) in [5.74, 6) is 1.70. The van der Waals surface area contributed by atoms with Crippen LogP contribution in [0.4, 0.5) is 5.69 Å². The van der Waals surface area contributed by atoms with Crippen molar-refractivity contribution in [3.8, 4) is 11.5 Å². The Labute approximate surface area is 147 Å². The van der Waals surface area contributed by atoms with Crippen LogP contribution in [0.5, 0.6) is 11.5 Å². The molecule has 2 heterocycles. The topological polar surface area (TPSA) is 42.0 Å². The fourth-order valence-corrected chi connectivity index (χ4v) is 3.45. The van der Waals surface area contributed by atoms with E-state index in [1.54, 1.807) is 0 Å². The van der Waals surface area contributed by atoms with E-state index in [1.807, 2.05) is 55.3 Å². The van der Waals surface area contributed by atoms with Gasteiger partial charge < -0.3 is 14.4 Å². The highest BCUT2D eigenvalue weighted by Crippen LogP contribution is 2.33. The molecule has 5 heteroatoms. The first-order chi connectivity index (χ1) is 12.1. The Morgan fingerprint density at radius 3 is 2.88 bits per heavy atom. The van der Waals surface area contributed by atoms with E-state index in [2.05, 4.69) is 11.0 Å². The number of amides is 1. The molecule has 5 nitrogen and oxygen atoms in total. The second-order valence-corrected chi connectivity index (χ2v) is 6.65. The summed E-state index contributed by atoms with van der Waals surface area (Å²) in [5, 5.41) is 0. The van der Waals surface area contributed by atoms with Crippen LogP contribution in [0.25, 0.3) is 0 Å². The zero-order chi connectivity index (χ0) is 17.4. The largest absolute Gasteiger partial charge is 0.454 e. The number of ether oxygens (including phenoxy) is 2. The van der Waals surface area contributed by atoms with E-state index < -0.39 is 0 Å². The smallest absolute Gasteiger partial charge is 0.244 e. The highest BCUT2D eigenvalue weighted by atomic mass is 16.7. The number of carbonyl (C=O) groups is 1. The van der Waals surface area contributed by atoms with Crippen LogP contribution in [-0.4, -0.2) is 37.2 Å². The van der Waals surface area contributed by atoms with Crippen molar-refractivity contribution >= 4 is 11.6 Å². The third-order valence-electron chi connectivity index (χ3n) is 5.04. The maximum atomic E-state index is 13.0. The van der Waals surface area contributed by atoms with E-state index in [0.717, 1.165) is 35.7 Å². The van der Waals surface area contributed by atoms with Crippen LogP contribution < -0.4 is 14.4 Å². The Kier molecular flexibility index (Phi) is 4.09. The lowest BCUT2D eigenvalue weighted by Crippen LogP contribution is -2.45. The molecule has 0 aromatic heterocycles. The third kappa shape index (κ3) is 2.96. The Hall–Kier alpha value is -2.53. The van der Waals surface area contributed by atoms with Crippen LogP contribution >= 0.6 is 0 Å². The predicted molar refractivity (Wildman–Crippen MR) is 96.0 cm³/mol. The number of hydrogen-bond acceptors (Lipinski definition) is 4. The molecule has 2 aromatic rings. The molecule has 0 aliphatic carbocycles. The summed E-state index contributed by atoms with van der Waals surface area (Å²) in [6, 6.07) is 13.9. The summed E-state index contributed by atoms with van der Waals surface area (Å²) in [4.78, 5) is 16.9. The quantitative estimate of drug-likeness (QED) is 0.860. The van der Waals surface area contributed by atoms with Gasteiger partial charge in [-0.05, 0) is 49.7 Å². The molecule has 1 atom stereocenters. The lowest BCUT2D eigenvalue weighted by molar-refractivity contribution is -0.122. The highest BCUT2D eigenvalue weighted by molar-refractivity contribution is 5.98. The predicted octanol–water partition coefficient (Wildman–Crippen LogP) is 2.82. The zero-order valence-corrected chi connectivity index (χ0v) is 14.6. The Bertz CT molecular complexity index is 805. The second kappa shape index (κ2) is 6.41. The number of carbonyl (C=O) groups excluding carboxylic acids is 1. The van der Waals surface area contributed by atoms with Gasteiger partial charge in [0.25, 0.3) is 0 Å². The van der Waals surface area contributed by atoms with Crippen LogP contribution in [0, 0.1) is 0 Å². The van der Waals surface area contributed by atoms with Gasteiger partial charge in [-0.15, -0.1) is 0 Å². The van der Waals surface area contributed by atoms with Crippen molar-refractivity contribution < 1.29 is 14.3 Å². The monoisotopic (exact) mass is 338 g/mol. The molecule has 0 fully saturated rings. The molecule has 0 N–H and O–H groups in total. The van der Waals surface area contributed by atoms with Crippen molar-refractivity contribution in [2.45, 2.75) is 25.9 Å². The maximum absolute atomic E-state index is 13.0. The molecule has 0 spiro atoms. The van der Waals surface area contributed by atoms with E-state index in [1.165, 1.54) is 5.56 Å². The van der Waals surface area contributed by atoms with E-state index >= 15 is 0 Å². The number of nitrogens with zero attached hydrogens (tertiary/aromatic N) is 2. The van der Waals surface area contributed by atoms with E-state index in [9.17, 15) is 4.79 Å². The Morgan fingerprint density at radius 2 is 2.00 bits per heavy atom. The van der Waals surface area contributed by atoms with Crippen molar-refractivity contribution in [1.29, 1.82) is 0 Å². The van der Waals surface area contributed by atoms with Crippen LogP contribution in [0.1, 0.15) is 18.1 Å². The molecule has 1 amide bonds. The first kappa shape index (κ1) is 16.0. The molecule has 4 rings (SSSR count). The fraction of sp³-hybridized carbons (Fsp3) is 0.350. The molecular formula is C20H22N2O3. The van der Waals surface area contributed by atoms with Crippen molar-refractivity contribution in [3.63, 3.8) is 0 Å². The summed E-state index contributed by atoms with van der Waals surface area (Å²) in [6.07, 6.45) is 0.931. The number of para-hydroxylation sites is 1. The number of fused-ring (bicyclic) bond motifs is 2. The number of benzene rings is 2. The maximum Gasteiger partial charge on any atom is 0.244 e. The summed E-state index contributed by atoms with van der Waals surface area (Å²) >= 11 is 0. The lowest BCUT2D eigenvalue weighted by Gasteiger charge is -2.28. The number of rotatable bonds is 4. The molecule has 2 aromatic carbocycles. The van der Waals surface area contributed by atoms with E-state index in [0.29, 0.717) is 6.54 Å². The summed E-state index contributed by atoms with van der Waals surface area (Å²) in [6.45, 7) is 3.69. The minimum atomic E-state index is -0.198. The molecule has 130 valence electrons. The van der Waals surface area contributed by atoms with Crippen molar-refractivity contribution in [3.05, 3.63) is 53.6 Å². The second-order valence-electron chi connectivity index (χ2n) is 6.65. The van der Waals surface area contributed by atoms with Crippen molar-refractivity contribution in [2.75, 3.05) is 25.3 Å². The average Bonchev–Trinajstić information content (AvgIpc) is 3.26. The molecule has 25 heavy (non-hydrogen) atoms. The van der Waals surface area contributed by atoms with E-state index in [4.69, 9.17) is 9.47 Å². The molecule has 2 aliphatic heterocycles. The van der Waals surface area contributed by atoms with Crippen LogP contribution in [0.3, 0.4) is 0 Å². The van der Waals surface area contributed by atoms with Gasteiger partial charge >= 0.3 is 0 Å². The van der Waals surface area contributed by atoms with Gasteiger partial charge in [-0.3, -0.25) is 9.69 Å². The molecule has 0 saturated heterocycles. The molecule has 0 bridgehead atoms. The van der Waals surface area contributed by atoms with Gasteiger partial charge in [0.2, 0.25) is 12.7 Å². The normalized spacial score (nSPS) is 16.2. The Morgan fingerprint density at radius 1 is 1.20 bits per heavy atom. The first-order valence-corrected chi connectivity index (χ1v) is 8.61. The molecule has 0 saturated carbocycles. The zero-order valence-electron chi connectivity index (χ0n) is 14.6. The van der Waals surface area contributed by atoms with Gasteiger partial charge in [0.1, 0.15) is 0 Å². The average molecular weight is 338 g/mol. The van der Waals surface area contributed by atoms with Gasteiger partial charge in [0.05, 0.1) is 6.04 Å². The van der Waals surface area contributed by atoms with Crippen molar-refractivity contribution in [1.82, 2.24) is 4.90 Å². The van der Waals surface area contributed by atoms with Crippen LogP contribution in [0.15, 0.2) is 42.5 Å². The number of hydrogen-bond donors (Lipinski definition) is 0. The lowest BCUT2D eigenvalue weighted by atomic mass is 10.1. The van der Waals surface area contributed by atoms with Gasteiger partial charge in [-0.2, -0.15) is 0 Å². The molecule has 0 radical (unpaired) electrons. The van der Waals surface area contributed by atoms with Crippen LogP contribution in [0.2, 0.25) is 0 Å². The minimum absolute atomic E-state index is 0.146.